The van der Waals surface area contributed by atoms with Crippen molar-refractivity contribution in [2.75, 3.05) is 0 Å². The molecule has 0 bridgehead atoms. The molecule has 0 saturated carbocycles. The molecular weight excluding hydrogens is 473 g/mol. The van der Waals surface area contributed by atoms with Crippen molar-refractivity contribution >= 4 is 16.6 Å². The van der Waals surface area contributed by atoms with Gasteiger partial charge < -0.3 is 9.72 Å². The van der Waals surface area contributed by atoms with Crippen LogP contribution in [0.2, 0.25) is 0 Å². The van der Waals surface area contributed by atoms with Crippen LogP contribution in [0, 0.1) is 15.9 Å². The van der Waals surface area contributed by atoms with E-state index in [2.05, 4.69) is 4.98 Å². The van der Waals surface area contributed by atoms with Gasteiger partial charge in [-0.2, -0.15) is 26.3 Å². The van der Waals surface area contributed by atoms with Gasteiger partial charge in [-0.25, -0.2) is 4.39 Å². The molecule has 0 unspecified atom stereocenters. The van der Waals surface area contributed by atoms with Crippen molar-refractivity contribution in [2.24, 2.45) is 0 Å². The Balaban J connectivity index is 1.88. The number of nitro benzene ring substituents is 1. The van der Waals surface area contributed by atoms with Crippen LogP contribution in [-0.4, -0.2) is 9.91 Å². The highest BCUT2D eigenvalue weighted by Gasteiger charge is 2.44. The zero-order valence-electron chi connectivity index (χ0n) is 16.6. The Labute approximate surface area is 185 Å². The number of alkyl halides is 6. The maximum absolute atomic E-state index is 13.6. The summed E-state index contributed by atoms with van der Waals surface area (Å²) < 4.78 is 99.8. The zero-order chi connectivity index (χ0) is 24.8. The molecule has 4 aromatic rings. The first kappa shape index (κ1) is 23.1. The van der Waals surface area contributed by atoms with Crippen molar-refractivity contribution in [1.29, 1.82) is 0 Å². The van der Waals surface area contributed by atoms with Crippen molar-refractivity contribution in [1.82, 2.24) is 4.98 Å². The summed E-state index contributed by atoms with van der Waals surface area (Å²) in [6.45, 7) is 0. The van der Waals surface area contributed by atoms with E-state index >= 15 is 0 Å². The first-order chi connectivity index (χ1) is 15.8. The molecule has 0 saturated heterocycles. The lowest BCUT2D eigenvalue weighted by molar-refractivity contribution is -0.385. The summed E-state index contributed by atoms with van der Waals surface area (Å²) in [6.07, 6.45) is -9.21. The molecule has 1 aromatic heterocycles. The lowest BCUT2D eigenvalue weighted by atomic mass is 10.0. The van der Waals surface area contributed by atoms with E-state index in [0.717, 1.165) is 6.07 Å². The molecule has 0 fully saturated rings. The van der Waals surface area contributed by atoms with Gasteiger partial charge >= 0.3 is 12.4 Å². The summed E-state index contributed by atoms with van der Waals surface area (Å²) in [5, 5.41) is 11.3. The van der Waals surface area contributed by atoms with Gasteiger partial charge in [0.15, 0.2) is 5.75 Å². The second kappa shape index (κ2) is 8.04. The number of halogens is 7. The molecule has 0 radical (unpaired) electrons. The lowest BCUT2D eigenvalue weighted by Gasteiger charge is -2.19. The van der Waals surface area contributed by atoms with Gasteiger partial charge in [0.1, 0.15) is 22.7 Å². The summed E-state index contributed by atoms with van der Waals surface area (Å²) in [4.78, 5) is 12.5. The molecule has 1 heterocycles. The molecular formula is C22H11F7N2O3. The molecule has 0 amide bonds. The van der Waals surface area contributed by atoms with Gasteiger partial charge in [0.05, 0.1) is 4.92 Å². The standard InChI is InChI=1S/C22H11F7N2O3/c23-12-3-1-11(2-4-12)16-10-30-19-6-5-14(9-15(16)19)34-20-17(21(24,25)26)7-13(31(32)33)8-18(20)22(27,28)29/h1-10,30H. The van der Waals surface area contributed by atoms with Crippen LogP contribution < -0.4 is 4.74 Å². The van der Waals surface area contributed by atoms with Crippen LogP contribution in [0.5, 0.6) is 11.5 Å². The summed E-state index contributed by atoms with van der Waals surface area (Å²) in [6, 6.07) is 9.00. The van der Waals surface area contributed by atoms with Crippen molar-refractivity contribution in [3.8, 4) is 22.6 Å². The third kappa shape index (κ3) is 4.38. The Hall–Kier alpha value is -4.09. The molecule has 176 valence electrons. The molecule has 0 spiro atoms. The number of rotatable bonds is 4. The van der Waals surface area contributed by atoms with Gasteiger partial charge in [0, 0.05) is 34.8 Å². The van der Waals surface area contributed by atoms with Gasteiger partial charge in [0.25, 0.3) is 5.69 Å². The van der Waals surface area contributed by atoms with Gasteiger partial charge in [-0.1, -0.05) is 12.1 Å². The summed E-state index contributed by atoms with van der Waals surface area (Å²) in [5.74, 6) is -2.48. The van der Waals surface area contributed by atoms with Crippen LogP contribution in [0.25, 0.3) is 22.0 Å². The number of benzene rings is 3. The fourth-order valence-corrected chi connectivity index (χ4v) is 3.40. The number of non-ortho nitro benzene ring substituents is 1. The average Bonchev–Trinajstić information content (AvgIpc) is 3.16. The maximum Gasteiger partial charge on any atom is 0.420 e. The number of ether oxygens (including phenoxy) is 1. The number of H-pyrrole nitrogens is 1. The minimum atomic E-state index is -5.38. The SMILES string of the molecule is O=[N+]([O-])c1cc(C(F)(F)F)c(Oc2ccc3[nH]cc(-c4ccc(F)cc4)c3c2)c(C(F)(F)F)c1. The van der Waals surface area contributed by atoms with Gasteiger partial charge in [0.2, 0.25) is 0 Å². The first-order valence-corrected chi connectivity index (χ1v) is 9.36. The molecule has 0 aliphatic carbocycles. The van der Waals surface area contributed by atoms with Crippen molar-refractivity contribution in [3.63, 3.8) is 0 Å². The molecule has 12 heteroatoms. The summed E-state index contributed by atoms with van der Waals surface area (Å²) in [5.41, 5.74) is -3.75. The highest BCUT2D eigenvalue weighted by molar-refractivity contribution is 5.96. The van der Waals surface area contributed by atoms with E-state index in [1.807, 2.05) is 0 Å². The monoisotopic (exact) mass is 484 g/mol. The van der Waals surface area contributed by atoms with Crippen LogP contribution >= 0.6 is 0 Å². The zero-order valence-corrected chi connectivity index (χ0v) is 16.6. The average molecular weight is 484 g/mol. The molecule has 34 heavy (non-hydrogen) atoms. The third-order valence-corrected chi connectivity index (χ3v) is 4.92. The molecule has 5 nitrogen and oxygen atoms in total. The van der Waals surface area contributed by atoms with Gasteiger partial charge in [-0.3, -0.25) is 10.1 Å². The van der Waals surface area contributed by atoms with Gasteiger partial charge in [-0.15, -0.1) is 0 Å². The van der Waals surface area contributed by atoms with Crippen LogP contribution in [0.1, 0.15) is 11.1 Å². The number of nitrogens with zero attached hydrogens (tertiary/aromatic N) is 1. The van der Waals surface area contributed by atoms with E-state index in [1.54, 1.807) is 0 Å². The second-order valence-electron chi connectivity index (χ2n) is 7.14. The third-order valence-electron chi connectivity index (χ3n) is 4.92. The van der Waals surface area contributed by atoms with E-state index in [4.69, 9.17) is 4.74 Å². The number of aromatic nitrogens is 1. The normalized spacial score (nSPS) is 12.2. The van der Waals surface area contributed by atoms with E-state index in [1.165, 1.54) is 42.6 Å². The van der Waals surface area contributed by atoms with Crippen molar-refractivity contribution in [3.05, 3.63) is 87.9 Å². The Kier molecular flexibility index (Phi) is 5.46. The van der Waals surface area contributed by atoms with E-state index in [9.17, 15) is 40.8 Å². The summed E-state index contributed by atoms with van der Waals surface area (Å²) in [7, 11) is 0. The van der Waals surface area contributed by atoms with E-state index < -0.39 is 45.7 Å². The molecule has 0 aliphatic heterocycles. The highest BCUT2D eigenvalue weighted by Crippen LogP contribution is 2.48. The molecule has 0 aliphatic rings. The van der Waals surface area contributed by atoms with Crippen LogP contribution in [0.4, 0.5) is 36.4 Å². The molecule has 1 N–H and O–H groups in total. The summed E-state index contributed by atoms with van der Waals surface area (Å²) >= 11 is 0. The van der Waals surface area contributed by atoms with Crippen LogP contribution in [0.15, 0.2) is 60.8 Å². The van der Waals surface area contributed by atoms with Crippen LogP contribution in [0.3, 0.4) is 0 Å². The molecule has 4 rings (SSSR count). The number of nitrogens with one attached hydrogen (secondary N) is 1. The number of nitro groups is 1. The molecule has 3 aromatic carbocycles. The minimum Gasteiger partial charge on any atom is -0.456 e. The first-order valence-electron chi connectivity index (χ1n) is 9.36. The van der Waals surface area contributed by atoms with Crippen LogP contribution in [-0.2, 0) is 12.4 Å². The van der Waals surface area contributed by atoms with Gasteiger partial charge in [-0.05, 0) is 35.9 Å². The highest BCUT2D eigenvalue weighted by atomic mass is 19.4. The fourth-order valence-electron chi connectivity index (χ4n) is 3.40. The smallest absolute Gasteiger partial charge is 0.420 e. The number of hydrogen-bond donors (Lipinski definition) is 1. The largest absolute Gasteiger partial charge is 0.456 e. The fraction of sp³-hybridized carbons (Fsp3) is 0.0909. The Morgan fingerprint density at radius 1 is 0.853 bits per heavy atom. The second-order valence-corrected chi connectivity index (χ2v) is 7.14. The predicted octanol–water partition coefficient (Wildman–Crippen LogP) is 7.71. The topological polar surface area (TPSA) is 68.2 Å². The van der Waals surface area contributed by atoms with Crippen molar-refractivity contribution in [2.45, 2.75) is 12.4 Å². The predicted molar refractivity (Wildman–Crippen MR) is 107 cm³/mol. The maximum atomic E-state index is 13.6. The van der Waals surface area contributed by atoms with E-state index in [-0.39, 0.29) is 17.9 Å². The Morgan fingerprint density at radius 3 is 1.97 bits per heavy atom. The minimum absolute atomic E-state index is 0.0106. The quantitative estimate of drug-likeness (QED) is 0.183. The number of aromatic amines is 1. The Morgan fingerprint density at radius 2 is 1.44 bits per heavy atom. The Bertz CT molecular complexity index is 1360. The number of hydrogen-bond acceptors (Lipinski definition) is 3. The van der Waals surface area contributed by atoms with Crippen molar-refractivity contribution < 1.29 is 40.4 Å². The lowest BCUT2D eigenvalue weighted by Crippen LogP contribution is -2.15. The van der Waals surface area contributed by atoms with E-state index in [0.29, 0.717) is 22.0 Å². The molecule has 0 atom stereocenters. The number of fused-ring (bicyclic) bond motifs is 1.